The van der Waals surface area contributed by atoms with Gasteiger partial charge in [0, 0.05) is 6.42 Å². The first-order valence-electron chi connectivity index (χ1n) is 6.44. The molecule has 0 bridgehead atoms. The van der Waals surface area contributed by atoms with Crippen LogP contribution in [0.2, 0.25) is 0 Å². The van der Waals surface area contributed by atoms with Crippen LogP contribution in [0, 0.1) is 5.92 Å². The predicted molar refractivity (Wildman–Crippen MR) is 69.4 cm³/mol. The molecule has 2 atom stereocenters. The fourth-order valence-electron chi connectivity index (χ4n) is 2.26. The van der Waals surface area contributed by atoms with E-state index in [-0.39, 0.29) is 11.7 Å². The van der Waals surface area contributed by atoms with E-state index in [1.54, 1.807) is 6.26 Å². The van der Waals surface area contributed by atoms with Crippen molar-refractivity contribution in [3.05, 3.63) is 36.3 Å². The molecule has 0 aromatic heterocycles. The third kappa shape index (κ3) is 3.74. The van der Waals surface area contributed by atoms with E-state index in [0.717, 1.165) is 25.0 Å². The summed E-state index contributed by atoms with van der Waals surface area (Å²) in [5, 5.41) is 0. The molecule has 0 N–H and O–H groups in total. The minimum atomic E-state index is 0.0242. The van der Waals surface area contributed by atoms with Crippen LogP contribution in [0.4, 0.5) is 0 Å². The zero-order valence-corrected chi connectivity index (χ0v) is 11.0. The Balaban J connectivity index is 1.79. The van der Waals surface area contributed by atoms with Gasteiger partial charge in [-0.2, -0.15) is 0 Å². The van der Waals surface area contributed by atoms with Crippen LogP contribution in [0.25, 0.3) is 0 Å². The van der Waals surface area contributed by atoms with Crippen molar-refractivity contribution >= 4 is 0 Å². The normalized spacial score (nSPS) is 31.8. The lowest BCUT2D eigenvalue weighted by atomic mass is 10.0. The fraction of sp³-hybridized carbons (Fsp3) is 0.600. The molecule has 2 heteroatoms. The van der Waals surface area contributed by atoms with Gasteiger partial charge in [-0.25, -0.2) is 0 Å². The maximum Gasteiger partial charge on any atom is 0.104 e. The monoisotopic (exact) mass is 234 g/mol. The molecular formula is C15H22O2. The van der Waals surface area contributed by atoms with Crippen LogP contribution in [-0.4, -0.2) is 11.7 Å². The maximum atomic E-state index is 5.86. The SMILES string of the molecule is CC1C=CC=C(O/C=C/C2CCC(C)(C)O2)C1. The van der Waals surface area contributed by atoms with Crippen molar-refractivity contribution in [2.75, 3.05) is 0 Å². The van der Waals surface area contributed by atoms with Crippen LogP contribution in [0.1, 0.15) is 40.0 Å². The van der Waals surface area contributed by atoms with Crippen molar-refractivity contribution in [3.8, 4) is 0 Å². The van der Waals surface area contributed by atoms with E-state index in [0.29, 0.717) is 5.92 Å². The van der Waals surface area contributed by atoms with Gasteiger partial charge >= 0.3 is 0 Å². The van der Waals surface area contributed by atoms with Crippen molar-refractivity contribution in [1.29, 1.82) is 0 Å². The summed E-state index contributed by atoms with van der Waals surface area (Å²) in [6.07, 6.45) is 13.5. The van der Waals surface area contributed by atoms with E-state index in [4.69, 9.17) is 9.47 Å². The Bertz CT molecular complexity index is 350. The molecule has 1 saturated heterocycles. The molecule has 0 radical (unpaired) electrons. The molecule has 1 aliphatic carbocycles. The highest BCUT2D eigenvalue weighted by Crippen LogP contribution is 2.30. The maximum absolute atomic E-state index is 5.86. The molecule has 0 amide bonds. The standard InChI is InChI=1S/C15H22O2/c1-12-5-4-6-14(11-12)16-10-8-13-7-9-15(2,3)17-13/h4-6,8,10,12-13H,7,9,11H2,1-3H3/b10-8+. The molecule has 2 unspecified atom stereocenters. The molecule has 0 aromatic carbocycles. The zero-order valence-electron chi connectivity index (χ0n) is 11.0. The van der Waals surface area contributed by atoms with Gasteiger partial charge in [0.05, 0.1) is 18.0 Å². The molecule has 1 fully saturated rings. The smallest absolute Gasteiger partial charge is 0.104 e. The molecule has 0 saturated carbocycles. The van der Waals surface area contributed by atoms with Gasteiger partial charge < -0.3 is 9.47 Å². The summed E-state index contributed by atoms with van der Waals surface area (Å²) in [5.74, 6) is 1.61. The van der Waals surface area contributed by atoms with Crippen molar-refractivity contribution in [2.45, 2.75) is 51.7 Å². The largest absolute Gasteiger partial charge is 0.470 e. The Morgan fingerprint density at radius 3 is 2.94 bits per heavy atom. The summed E-state index contributed by atoms with van der Waals surface area (Å²) in [6.45, 7) is 6.47. The Hall–Kier alpha value is -1.02. The topological polar surface area (TPSA) is 18.5 Å². The third-order valence-electron chi connectivity index (χ3n) is 3.26. The highest BCUT2D eigenvalue weighted by atomic mass is 16.5. The van der Waals surface area contributed by atoms with E-state index in [9.17, 15) is 0 Å². The van der Waals surface area contributed by atoms with Gasteiger partial charge in [0.25, 0.3) is 0 Å². The number of rotatable bonds is 3. The molecule has 0 spiro atoms. The minimum absolute atomic E-state index is 0.0242. The number of hydrogen-bond acceptors (Lipinski definition) is 2. The van der Waals surface area contributed by atoms with E-state index in [1.807, 2.05) is 12.2 Å². The predicted octanol–water partition coefficient (Wildman–Crippen LogP) is 3.95. The molecule has 2 rings (SSSR count). The molecule has 0 aromatic rings. The van der Waals surface area contributed by atoms with Crippen molar-refractivity contribution in [2.24, 2.45) is 5.92 Å². The van der Waals surface area contributed by atoms with Crippen LogP contribution < -0.4 is 0 Å². The third-order valence-corrected chi connectivity index (χ3v) is 3.26. The lowest BCUT2D eigenvalue weighted by Gasteiger charge is -2.17. The molecule has 1 aliphatic heterocycles. The summed E-state index contributed by atoms with van der Waals surface area (Å²) in [7, 11) is 0. The van der Waals surface area contributed by atoms with E-state index in [1.165, 1.54) is 0 Å². The quantitative estimate of drug-likeness (QED) is 0.688. The summed E-state index contributed by atoms with van der Waals surface area (Å²) in [5.41, 5.74) is 0.0242. The van der Waals surface area contributed by atoms with Crippen LogP contribution in [0.3, 0.4) is 0 Å². The Morgan fingerprint density at radius 1 is 1.47 bits per heavy atom. The van der Waals surface area contributed by atoms with Gasteiger partial charge in [-0.1, -0.05) is 19.1 Å². The van der Waals surface area contributed by atoms with Gasteiger partial charge in [-0.3, -0.25) is 0 Å². The van der Waals surface area contributed by atoms with Crippen molar-refractivity contribution < 1.29 is 9.47 Å². The van der Waals surface area contributed by atoms with Crippen LogP contribution in [-0.2, 0) is 9.47 Å². The van der Waals surface area contributed by atoms with Crippen molar-refractivity contribution in [3.63, 3.8) is 0 Å². The van der Waals surface area contributed by atoms with Gasteiger partial charge in [0.2, 0.25) is 0 Å². The molecule has 1 heterocycles. The molecule has 94 valence electrons. The second-order valence-corrected chi connectivity index (χ2v) is 5.60. The van der Waals surface area contributed by atoms with Crippen molar-refractivity contribution in [1.82, 2.24) is 0 Å². The first kappa shape index (κ1) is 12.4. The molecule has 2 nitrogen and oxygen atoms in total. The Morgan fingerprint density at radius 2 is 2.29 bits per heavy atom. The second kappa shape index (κ2) is 5.09. The molecule has 2 aliphatic rings. The summed E-state index contributed by atoms with van der Waals surface area (Å²) < 4.78 is 11.5. The lowest BCUT2D eigenvalue weighted by Crippen LogP contribution is -2.18. The fourth-order valence-corrected chi connectivity index (χ4v) is 2.26. The highest BCUT2D eigenvalue weighted by molar-refractivity contribution is 5.15. The number of allylic oxidation sites excluding steroid dienone is 4. The second-order valence-electron chi connectivity index (χ2n) is 5.60. The van der Waals surface area contributed by atoms with Crippen LogP contribution in [0.15, 0.2) is 36.3 Å². The van der Waals surface area contributed by atoms with E-state index in [2.05, 4.69) is 32.9 Å². The average Bonchev–Trinajstić information content (AvgIpc) is 2.58. The minimum Gasteiger partial charge on any atom is -0.470 e. The zero-order chi connectivity index (χ0) is 12.3. The summed E-state index contributed by atoms with van der Waals surface area (Å²) in [6, 6.07) is 0. The number of ether oxygens (including phenoxy) is 2. The lowest BCUT2D eigenvalue weighted by molar-refractivity contribution is 0.00444. The van der Waals surface area contributed by atoms with Crippen LogP contribution >= 0.6 is 0 Å². The van der Waals surface area contributed by atoms with Gasteiger partial charge in [0.1, 0.15) is 5.76 Å². The van der Waals surface area contributed by atoms with Gasteiger partial charge in [0.15, 0.2) is 0 Å². The van der Waals surface area contributed by atoms with Gasteiger partial charge in [-0.15, -0.1) is 0 Å². The average molecular weight is 234 g/mol. The summed E-state index contributed by atoms with van der Waals surface area (Å²) in [4.78, 5) is 0. The Kier molecular flexibility index (Phi) is 3.72. The van der Waals surface area contributed by atoms with E-state index >= 15 is 0 Å². The number of hydrogen-bond donors (Lipinski definition) is 0. The Labute approximate surface area is 104 Å². The highest BCUT2D eigenvalue weighted by Gasteiger charge is 2.30. The van der Waals surface area contributed by atoms with Crippen LogP contribution in [0.5, 0.6) is 0 Å². The first-order valence-corrected chi connectivity index (χ1v) is 6.44. The molecular weight excluding hydrogens is 212 g/mol. The molecule has 17 heavy (non-hydrogen) atoms. The van der Waals surface area contributed by atoms with E-state index < -0.39 is 0 Å². The summed E-state index contributed by atoms with van der Waals surface area (Å²) >= 11 is 0. The van der Waals surface area contributed by atoms with Gasteiger partial charge in [-0.05, 0) is 44.8 Å². The first-order chi connectivity index (χ1) is 8.05.